The largest absolute Gasteiger partial charge is 0.617 e. The van der Waals surface area contributed by atoms with Crippen LogP contribution in [0.15, 0.2) is 64.2 Å². The van der Waals surface area contributed by atoms with Crippen molar-refractivity contribution in [3.05, 3.63) is 64.7 Å². The van der Waals surface area contributed by atoms with Crippen molar-refractivity contribution in [2.24, 2.45) is 17.0 Å². The molecule has 0 atom stereocenters. The number of rotatable bonds is 8. The van der Waals surface area contributed by atoms with Gasteiger partial charge in [-0.3, -0.25) is 4.79 Å². The summed E-state index contributed by atoms with van der Waals surface area (Å²) in [5.41, 5.74) is 9.58. The van der Waals surface area contributed by atoms with Gasteiger partial charge >= 0.3 is 18.3 Å². The standard InChI is InChI=1S/C22H23F3N3O5S.Ir/c1-21(2,3)20(30)32-12-31-19(29)17(28-27)18(26)34-16-10-6-14(7-11-16)13-4-8-15(9-5-13)33-22(23,24)25;/h4-11H,12,27H2,1-3H3,(H2,26,29);/q-1;. The average molecular weight is 691 g/mol. The minimum atomic E-state index is -4.76. The summed E-state index contributed by atoms with van der Waals surface area (Å²) < 4.78 is 50.4. The summed E-state index contributed by atoms with van der Waals surface area (Å²) in [6.45, 7) is 4.33. The molecule has 4 N–H and O–H groups in total. The number of carbonyl (C=O) groups excluding carboxylic acids is 2. The van der Waals surface area contributed by atoms with Crippen molar-refractivity contribution >= 4 is 23.7 Å². The minimum absolute atomic E-state index is 0. The second kappa shape index (κ2) is 12.8. The quantitative estimate of drug-likeness (QED) is 0.101. The Morgan fingerprint density at radius 1 is 0.943 bits per heavy atom. The zero-order valence-corrected chi connectivity index (χ0v) is 22.1. The Labute approximate surface area is 217 Å². The topological polar surface area (TPSA) is 128 Å². The van der Waals surface area contributed by atoms with E-state index in [0.29, 0.717) is 10.5 Å². The summed E-state index contributed by atoms with van der Waals surface area (Å²) in [6.07, 6.45) is -4.76. The fourth-order valence-electron chi connectivity index (χ4n) is 2.38. The van der Waals surface area contributed by atoms with Gasteiger partial charge in [0.25, 0.3) is 0 Å². The maximum absolute atomic E-state index is 12.3. The third-order valence-electron chi connectivity index (χ3n) is 4.05. The second-order valence-electron chi connectivity index (χ2n) is 7.77. The van der Waals surface area contributed by atoms with Crippen LogP contribution < -0.4 is 16.3 Å². The Kier molecular flexibility index (Phi) is 11.1. The van der Waals surface area contributed by atoms with Crippen LogP contribution in [0.3, 0.4) is 0 Å². The molecular formula is C22H23F3IrN3O5S-. The number of esters is 2. The van der Waals surface area contributed by atoms with E-state index < -0.39 is 30.5 Å². The van der Waals surface area contributed by atoms with Crippen molar-refractivity contribution in [2.45, 2.75) is 32.0 Å². The van der Waals surface area contributed by atoms with Crippen molar-refractivity contribution in [3.63, 3.8) is 0 Å². The summed E-state index contributed by atoms with van der Waals surface area (Å²) >= 11 is 0.991. The molecule has 0 heterocycles. The van der Waals surface area contributed by atoms with Gasteiger partial charge in [0, 0.05) is 25.0 Å². The Balaban J connectivity index is 0.00000612. The van der Waals surface area contributed by atoms with Crippen LogP contribution >= 0.6 is 11.8 Å². The minimum Gasteiger partial charge on any atom is -0.617 e. The number of benzene rings is 2. The van der Waals surface area contributed by atoms with E-state index in [2.05, 4.69) is 10.2 Å². The van der Waals surface area contributed by atoms with Crippen LogP contribution in [-0.2, 0) is 39.2 Å². The number of alkyl halides is 3. The van der Waals surface area contributed by atoms with Gasteiger partial charge in [0.05, 0.1) is 10.4 Å². The number of thioether (sulfide) groups is 1. The molecule has 13 heteroatoms. The van der Waals surface area contributed by atoms with E-state index >= 15 is 0 Å². The molecule has 2 aromatic carbocycles. The molecule has 0 aliphatic carbocycles. The molecule has 2 aromatic rings. The molecular weight excluding hydrogens is 668 g/mol. The first-order chi connectivity index (χ1) is 15.8. The number of hydrogen-bond donors (Lipinski definition) is 2. The number of hydrogen-bond acceptors (Lipinski definition) is 8. The third kappa shape index (κ3) is 9.81. The van der Waals surface area contributed by atoms with E-state index in [4.69, 9.17) is 21.1 Å². The van der Waals surface area contributed by atoms with Crippen molar-refractivity contribution < 1.29 is 57.1 Å². The van der Waals surface area contributed by atoms with Gasteiger partial charge in [-0.15, -0.1) is 13.2 Å². The van der Waals surface area contributed by atoms with Gasteiger partial charge in [-0.2, -0.15) is 0 Å². The van der Waals surface area contributed by atoms with Gasteiger partial charge in [-0.25, -0.2) is 4.79 Å². The monoisotopic (exact) mass is 691 g/mol. The van der Waals surface area contributed by atoms with Crippen LogP contribution in [0.5, 0.6) is 5.75 Å². The summed E-state index contributed by atoms with van der Waals surface area (Å²) in [7, 11) is 0. The third-order valence-corrected chi connectivity index (χ3v) is 4.97. The zero-order valence-electron chi connectivity index (χ0n) is 18.8. The number of ether oxygens (including phenoxy) is 3. The first-order valence-electron chi connectivity index (χ1n) is 9.69. The van der Waals surface area contributed by atoms with E-state index in [0.717, 1.165) is 17.3 Å². The maximum Gasteiger partial charge on any atom is 0.573 e. The molecule has 0 fully saturated rings. The summed E-state index contributed by atoms with van der Waals surface area (Å²) in [4.78, 5) is 24.5. The van der Waals surface area contributed by atoms with Crippen molar-refractivity contribution in [3.8, 4) is 16.9 Å². The van der Waals surface area contributed by atoms with Crippen LogP contribution in [0.25, 0.3) is 16.6 Å². The smallest absolute Gasteiger partial charge is 0.573 e. The first-order valence-corrected chi connectivity index (χ1v) is 10.5. The molecule has 0 amide bonds. The second-order valence-corrected chi connectivity index (χ2v) is 8.89. The van der Waals surface area contributed by atoms with Gasteiger partial charge < -0.3 is 31.2 Å². The van der Waals surface area contributed by atoms with Gasteiger partial charge in [-0.05, 0) is 61.9 Å². The fraction of sp³-hybridized carbons (Fsp3) is 0.273. The molecule has 0 saturated carbocycles. The van der Waals surface area contributed by atoms with Crippen molar-refractivity contribution in [1.29, 1.82) is 0 Å². The van der Waals surface area contributed by atoms with Crippen LogP contribution in [0.2, 0.25) is 0 Å². The Morgan fingerprint density at radius 3 is 1.91 bits per heavy atom. The molecule has 193 valence electrons. The fourth-order valence-corrected chi connectivity index (χ4v) is 3.14. The predicted octanol–water partition coefficient (Wildman–Crippen LogP) is 4.81. The maximum atomic E-state index is 12.3. The molecule has 0 bridgehead atoms. The number of nitrogens with two attached hydrogens (primary N) is 2. The van der Waals surface area contributed by atoms with Crippen LogP contribution in [0.4, 0.5) is 13.2 Å². The molecule has 0 aromatic heterocycles. The summed E-state index contributed by atoms with van der Waals surface area (Å²) in [5, 5.41) is -0.0453. The van der Waals surface area contributed by atoms with E-state index in [1.54, 1.807) is 45.0 Å². The van der Waals surface area contributed by atoms with Crippen molar-refractivity contribution in [2.75, 3.05) is 6.79 Å². The first kappa shape index (κ1) is 30.3. The predicted molar refractivity (Wildman–Crippen MR) is 120 cm³/mol. The normalized spacial score (nSPS) is 12.1. The van der Waals surface area contributed by atoms with Crippen LogP contribution in [0.1, 0.15) is 20.8 Å². The number of carbonyl (C=O) groups is 2. The summed E-state index contributed by atoms with van der Waals surface area (Å²) in [6, 6.07) is 12.2. The Bertz CT molecular complexity index is 1040. The Morgan fingerprint density at radius 2 is 1.46 bits per heavy atom. The van der Waals surface area contributed by atoms with Crippen molar-refractivity contribution in [1.82, 2.24) is 0 Å². The van der Waals surface area contributed by atoms with Gasteiger partial charge in [-0.1, -0.05) is 36.0 Å². The molecule has 0 spiro atoms. The Hall–Kier alpha value is -2.73. The average Bonchev–Trinajstić information content (AvgIpc) is 2.73. The summed E-state index contributed by atoms with van der Waals surface area (Å²) in [5.74, 6) is 3.42. The molecule has 0 unspecified atom stereocenters. The molecule has 8 nitrogen and oxygen atoms in total. The van der Waals surface area contributed by atoms with Crippen LogP contribution in [0, 0.1) is 5.41 Å². The molecule has 0 saturated heterocycles. The molecule has 0 aliphatic rings. The number of nitrogens with zero attached hydrogens (tertiary/aromatic N) is 1. The number of halogens is 3. The van der Waals surface area contributed by atoms with Gasteiger partial charge in [0.15, 0.2) is 0 Å². The molecule has 35 heavy (non-hydrogen) atoms. The van der Waals surface area contributed by atoms with Gasteiger partial charge in [0.1, 0.15) is 5.75 Å². The van der Waals surface area contributed by atoms with Gasteiger partial charge in [0.2, 0.25) is 6.79 Å². The zero-order chi connectivity index (χ0) is 25.5. The molecule has 2 rings (SSSR count). The van der Waals surface area contributed by atoms with E-state index in [-0.39, 0.29) is 36.6 Å². The SMILES string of the molecule is CC(C)(C)C(=O)OCOC(=O)/C([N-]N)=C(/N)Sc1ccc(-c2ccc(OC(F)(F)F)cc2)cc1.[Ir]. The van der Waals surface area contributed by atoms with E-state index in [9.17, 15) is 22.8 Å². The molecule has 1 radical (unpaired) electrons. The molecule has 0 aliphatic heterocycles. The van der Waals surface area contributed by atoms with Crippen LogP contribution in [-0.4, -0.2) is 25.1 Å². The van der Waals surface area contributed by atoms with E-state index in [1.807, 2.05) is 0 Å². The van der Waals surface area contributed by atoms with E-state index in [1.165, 1.54) is 24.3 Å².